The fourth-order valence-electron chi connectivity index (χ4n) is 2.66. The molecule has 3 heterocycles. The summed E-state index contributed by atoms with van der Waals surface area (Å²) < 4.78 is 7.12. The first-order valence-electron chi connectivity index (χ1n) is 7.70. The summed E-state index contributed by atoms with van der Waals surface area (Å²) >= 11 is 0. The van der Waals surface area contributed by atoms with Gasteiger partial charge in [-0.2, -0.15) is 0 Å². The Hall–Kier alpha value is -2.07. The molecule has 0 aliphatic carbocycles. The number of aromatic amines is 1. The summed E-state index contributed by atoms with van der Waals surface area (Å²) in [4.78, 5) is 15.9. The van der Waals surface area contributed by atoms with Crippen LogP contribution in [0, 0.1) is 0 Å². The van der Waals surface area contributed by atoms with Crippen LogP contribution in [0.1, 0.15) is 19.6 Å². The molecule has 0 spiro atoms. The SMILES string of the molecule is C=C(C)CCN=c1c2[nH]cnc2ncn1[C@@H]1O[C@H](CO)[C@H](O)[C@H]1O. The summed E-state index contributed by atoms with van der Waals surface area (Å²) in [5.74, 6) is 0. The van der Waals surface area contributed by atoms with Gasteiger partial charge < -0.3 is 25.0 Å². The summed E-state index contributed by atoms with van der Waals surface area (Å²) in [6.45, 7) is 5.89. The van der Waals surface area contributed by atoms with Gasteiger partial charge in [0, 0.05) is 6.54 Å². The molecular weight excluding hydrogens is 314 g/mol. The van der Waals surface area contributed by atoms with E-state index in [-0.39, 0.29) is 0 Å². The molecule has 3 rings (SSSR count). The zero-order chi connectivity index (χ0) is 17.3. The van der Waals surface area contributed by atoms with Crippen molar-refractivity contribution in [3.05, 3.63) is 30.3 Å². The highest BCUT2D eigenvalue weighted by Crippen LogP contribution is 2.28. The van der Waals surface area contributed by atoms with Crippen LogP contribution in [0.15, 0.2) is 29.8 Å². The lowest BCUT2D eigenvalue weighted by molar-refractivity contribution is -0.0550. The summed E-state index contributed by atoms with van der Waals surface area (Å²) in [6, 6.07) is 0. The van der Waals surface area contributed by atoms with Crippen LogP contribution in [0.2, 0.25) is 0 Å². The van der Waals surface area contributed by atoms with E-state index in [0.717, 1.165) is 5.57 Å². The molecule has 1 aliphatic heterocycles. The topological polar surface area (TPSA) is 129 Å². The van der Waals surface area contributed by atoms with Gasteiger partial charge >= 0.3 is 0 Å². The third kappa shape index (κ3) is 2.98. The number of rotatable bonds is 5. The average molecular weight is 335 g/mol. The van der Waals surface area contributed by atoms with Gasteiger partial charge in [-0.05, 0) is 13.3 Å². The Morgan fingerprint density at radius 1 is 1.42 bits per heavy atom. The third-order valence-electron chi connectivity index (χ3n) is 3.98. The Bertz CT molecular complexity index is 799. The quantitative estimate of drug-likeness (QED) is 0.532. The molecule has 0 bridgehead atoms. The van der Waals surface area contributed by atoms with Gasteiger partial charge in [0.25, 0.3) is 0 Å². The van der Waals surface area contributed by atoms with Gasteiger partial charge in [-0.3, -0.25) is 9.56 Å². The fourth-order valence-corrected chi connectivity index (χ4v) is 2.66. The second-order valence-electron chi connectivity index (χ2n) is 5.89. The highest BCUT2D eigenvalue weighted by atomic mass is 16.6. The lowest BCUT2D eigenvalue weighted by atomic mass is 10.1. The lowest BCUT2D eigenvalue weighted by Gasteiger charge is -2.18. The van der Waals surface area contributed by atoms with Crippen molar-refractivity contribution in [2.75, 3.05) is 13.2 Å². The van der Waals surface area contributed by atoms with Crippen LogP contribution < -0.4 is 5.49 Å². The number of hydrogen-bond donors (Lipinski definition) is 4. The highest BCUT2D eigenvalue weighted by molar-refractivity contribution is 5.67. The van der Waals surface area contributed by atoms with Crippen LogP contribution in [-0.2, 0) is 4.74 Å². The minimum atomic E-state index is -1.20. The average Bonchev–Trinajstić information content (AvgIpc) is 3.13. The Morgan fingerprint density at radius 2 is 2.21 bits per heavy atom. The van der Waals surface area contributed by atoms with Crippen LogP contribution in [0.5, 0.6) is 0 Å². The molecule has 0 unspecified atom stereocenters. The van der Waals surface area contributed by atoms with Crippen molar-refractivity contribution < 1.29 is 20.1 Å². The van der Waals surface area contributed by atoms with Crippen LogP contribution >= 0.6 is 0 Å². The number of ether oxygens (including phenoxy) is 1. The molecule has 0 aromatic carbocycles. The largest absolute Gasteiger partial charge is 0.394 e. The maximum Gasteiger partial charge on any atom is 0.182 e. The maximum atomic E-state index is 10.3. The normalized spacial score (nSPS) is 27.9. The zero-order valence-electron chi connectivity index (χ0n) is 13.3. The van der Waals surface area contributed by atoms with E-state index in [1.807, 2.05) is 6.92 Å². The number of aromatic nitrogens is 4. The van der Waals surface area contributed by atoms with E-state index in [1.165, 1.54) is 12.7 Å². The molecule has 0 radical (unpaired) electrons. The molecule has 1 saturated heterocycles. The first kappa shape index (κ1) is 16.8. The van der Waals surface area contributed by atoms with Crippen LogP contribution in [0.3, 0.4) is 0 Å². The predicted molar refractivity (Wildman–Crippen MR) is 84.7 cm³/mol. The molecule has 24 heavy (non-hydrogen) atoms. The molecule has 130 valence electrons. The highest BCUT2D eigenvalue weighted by Gasteiger charge is 2.43. The van der Waals surface area contributed by atoms with Gasteiger partial charge in [0.2, 0.25) is 0 Å². The molecule has 4 N–H and O–H groups in total. The number of hydrogen-bond acceptors (Lipinski definition) is 7. The first-order chi connectivity index (χ1) is 11.5. The van der Waals surface area contributed by atoms with Crippen LogP contribution in [-0.4, -0.2) is 66.3 Å². The van der Waals surface area contributed by atoms with Crippen molar-refractivity contribution in [1.29, 1.82) is 0 Å². The molecular formula is C15H21N5O4. The molecule has 0 amide bonds. The second kappa shape index (κ2) is 6.81. The molecule has 0 saturated carbocycles. The van der Waals surface area contributed by atoms with E-state index < -0.39 is 31.1 Å². The number of imidazole rings is 1. The van der Waals surface area contributed by atoms with Gasteiger partial charge in [0.1, 0.15) is 30.2 Å². The van der Waals surface area contributed by atoms with Gasteiger partial charge in [-0.1, -0.05) is 5.57 Å². The van der Waals surface area contributed by atoms with E-state index in [1.54, 1.807) is 4.57 Å². The lowest BCUT2D eigenvalue weighted by Crippen LogP contribution is -2.36. The van der Waals surface area contributed by atoms with E-state index in [0.29, 0.717) is 29.6 Å². The zero-order valence-corrected chi connectivity index (χ0v) is 13.3. The molecule has 2 aromatic heterocycles. The van der Waals surface area contributed by atoms with Crippen LogP contribution in [0.4, 0.5) is 0 Å². The van der Waals surface area contributed by atoms with Crippen LogP contribution in [0.25, 0.3) is 11.2 Å². The van der Waals surface area contributed by atoms with Gasteiger partial charge in [0.05, 0.1) is 12.9 Å². The number of nitrogens with zero attached hydrogens (tertiary/aromatic N) is 4. The van der Waals surface area contributed by atoms with Crippen molar-refractivity contribution in [2.45, 2.75) is 37.9 Å². The monoisotopic (exact) mass is 335 g/mol. The fraction of sp³-hybridized carbons (Fsp3) is 0.533. The Balaban J connectivity index is 2.06. The predicted octanol–water partition coefficient (Wildman–Crippen LogP) is -0.762. The van der Waals surface area contributed by atoms with E-state index >= 15 is 0 Å². The van der Waals surface area contributed by atoms with Crippen molar-refractivity contribution in [2.24, 2.45) is 4.99 Å². The standard InChI is InChI=1S/C15H21N5O4/c1-8(2)3-4-16-14-10-13(18-6-17-10)19-7-20(14)15-12(23)11(22)9(5-21)24-15/h6-7,9,11-12,15,21-23H,1,3-5H2,2H3,(H,17,18)/t9-,11+,12-,15-/m1/s1. The second-order valence-corrected chi connectivity index (χ2v) is 5.89. The van der Waals surface area contributed by atoms with Crippen molar-refractivity contribution in [3.8, 4) is 0 Å². The summed E-state index contributed by atoms with van der Waals surface area (Å²) in [5, 5.41) is 29.5. The van der Waals surface area contributed by atoms with Gasteiger partial charge in [-0.25, -0.2) is 9.97 Å². The number of nitrogens with one attached hydrogen (secondary N) is 1. The van der Waals surface area contributed by atoms with Crippen molar-refractivity contribution in [3.63, 3.8) is 0 Å². The van der Waals surface area contributed by atoms with E-state index in [9.17, 15) is 15.3 Å². The number of fused-ring (bicyclic) bond motifs is 1. The van der Waals surface area contributed by atoms with E-state index in [4.69, 9.17) is 4.74 Å². The Labute approximate surface area is 138 Å². The number of aliphatic hydroxyl groups is 3. The molecule has 1 aliphatic rings. The first-order valence-corrected chi connectivity index (χ1v) is 7.70. The Morgan fingerprint density at radius 3 is 2.88 bits per heavy atom. The summed E-state index contributed by atoms with van der Waals surface area (Å²) in [5.41, 5.74) is 2.62. The summed E-state index contributed by atoms with van der Waals surface area (Å²) in [7, 11) is 0. The Kier molecular flexibility index (Phi) is 4.76. The number of aliphatic hydroxyl groups excluding tert-OH is 3. The summed E-state index contributed by atoms with van der Waals surface area (Å²) in [6.07, 6.45) is -0.467. The van der Waals surface area contributed by atoms with Crippen molar-refractivity contribution >= 4 is 11.2 Å². The van der Waals surface area contributed by atoms with Gasteiger partial charge in [0.15, 0.2) is 17.4 Å². The smallest absolute Gasteiger partial charge is 0.182 e. The molecule has 9 heteroatoms. The third-order valence-corrected chi connectivity index (χ3v) is 3.98. The van der Waals surface area contributed by atoms with E-state index in [2.05, 4.69) is 26.5 Å². The molecule has 9 nitrogen and oxygen atoms in total. The number of H-pyrrole nitrogens is 1. The molecule has 4 atom stereocenters. The van der Waals surface area contributed by atoms with Gasteiger partial charge in [-0.15, -0.1) is 6.58 Å². The van der Waals surface area contributed by atoms with Crippen molar-refractivity contribution in [1.82, 2.24) is 19.5 Å². The minimum Gasteiger partial charge on any atom is -0.394 e. The minimum absolute atomic E-state index is 0.392. The molecule has 2 aromatic rings. The maximum absolute atomic E-state index is 10.3. The molecule has 1 fully saturated rings.